The Morgan fingerprint density at radius 1 is 1.10 bits per heavy atom. The lowest BCUT2D eigenvalue weighted by Crippen LogP contribution is -2.49. The van der Waals surface area contributed by atoms with E-state index in [1.165, 1.54) is 12.1 Å². The van der Waals surface area contributed by atoms with Gasteiger partial charge in [0.25, 0.3) is 0 Å². The highest BCUT2D eigenvalue weighted by Gasteiger charge is 2.17. The Labute approximate surface area is 178 Å². The van der Waals surface area contributed by atoms with Crippen LogP contribution >= 0.6 is 0 Å². The molecule has 0 atom stereocenters. The summed E-state index contributed by atoms with van der Waals surface area (Å²) in [5, 5.41) is 10.9. The molecule has 2 N–H and O–H groups in total. The zero-order chi connectivity index (χ0) is 21.3. The molecule has 0 radical (unpaired) electrons. The molecular weight excluding hydrogens is 383 g/mol. The number of nitrogens with zero attached hydrogens (tertiary/aromatic N) is 4. The summed E-state index contributed by atoms with van der Waals surface area (Å²) in [6.07, 6.45) is 1.69. The number of guanidine groups is 1. The monoisotopic (exact) mass is 416 g/mol. The lowest BCUT2D eigenvalue weighted by molar-refractivity contribution is 0.261. The lowest BCUT2D eigenvalue weighted by atomic mass is 10.1. The highest BCUT2D eigenvalue weighted by atomic mass is 19.1. The summed E-state index contributed by atoms with van der Waals surface area (Å²) in [6.45, 7) is 10.5. The van der Waals surface area contributed by atoms with Gasteiger partial charge in [0.05, 0.1) is 5.69 Å². The van der Waals surface area contributed by atoms with Crippen LogP contribution in [0.3, 0.4) is 0 Å². The van der Waals surface area contributed by atoms with Gasteiger partial charge in [-0.05, 0) is 30.7 Å². The number of aryl methyl sites for hydroxylation is 2. The molecule has 30 heavy (non-hydrogen) atoms. The van der Waals surface area contributed by atoms with Crippen molar-refractivity contribution in [2.45, 2.75) is 33.2 Å². The van der Waals surface area contributed by atoms with Gasteiger partial charge in [-0.1, -0.05) is 19.0 Å². The summed E-state index contributed by atoms with van der Waals surface area (Å²) in [5.41, 5.74) is 3.24. The molecule has 0 aliphatic carbocycles. The number of piperazine rings is 1. The van der Waals surface area contributed by atoms with E-state index in [-0.39, 0.29) is 5.82 Å². The maximum absolute atomic E-state index is 13.1. The summed E-state index contributed by atoms with van der Waals surface area (Å²) in [4.78, 5) is 9.07. The molecule has 1 fully saturated rings. The second-order valence-corrected chi connectivity index (χ2v) is 7.40. The van der Waals surface area contributed by atoms with Crippen molar-refractivity contribution in [3.05, 3.63) is 47.1 Å². The van der Waals surface area contributed by atoms with Gasteiger partial charge in [0.2, 0.25) is 0 Å². The van der Waals surface area contributed by atoms with Crippen molar-refractivity contribution < 1.29 is 8.91 Å². The number of halogens is 1. The predicted molar refractivity (Wildman–Crippen MR) is 119 cm³/mol. The minimum atomic E-state index is -0.189. The molecule has 8 heteroatoms. The van der Waals surface area contributed by atoms with Gasteiger partial charge in [0.15, 0.2) is 5.96 Å². The number of hydrogen-bond acceptors (Lipinski definition) is 5. The van der Waals surface area contributed by atoms with Crippen LogP contribution in [0.5, 0.6) is 0 Å². The third-order valence-electron chi connectivity index (χ3n) is 5.55. The Morgan fingerprint density at radius 3 is 2.47 bits per heavy atom. The van der Waals surface area contributed by atoms with Crippen molar-refractivity contribution in [3.8, 4) is 0 Å². The van der Waals surface area contributed by atoms with E-state index >= 15 is 0 Å². The number of nitrogens with one attached hydrogen (secondary N) is 2. The normalized spacial score (nSPS) is 15.5. The maximum atomic E-state index is 13.1. The second-order valence-electron chi connectivity index (χ2n) is 7.40. The summed E-state index contributed by atoms with van der Waals surface area (Å²) >= 11 is 0. The molecular formula is C22H33FN6O. The highest BCUT2D eigenvalue weighted by Crippen LogP contribution is 2.17. The fourth-order valence-electron chi connectivity index (χ4n) is 3.74. The zero-order valence-electron chi connectivity index (χ0n) is 18.2. The van der Waals surface area contributed by atoms with Crippen molar-refractivity contribution in [1.82, 2.24) is 20.7 Å². The van der Waals surface area contributed by atoms with Crippen molar-refractivity contribution in [2.24, 2.45) is 4.99 Å². The first kappa shape index (κ1) is 22.1. The van der Waals surface area contributed by atoms with E-state index in [1.54, 1.807) is 7.05 Å². The molecule has 1 aromatic carbocycles. The first-order valence-electron chi connectivity index (χ1n) is 10.8. The van der Waals surface area contributed by atoms with Crippen molar-refractivity contribution >= 4 is 11.6 Å². The van der Waals surface area contributed by atoms with Gasteiger partial charge >= 0.3 is 0 Å². The Kier molecular flexibility index (Phi) is 8.07. The molecule has 0 saturated carbocycles. The van der Waals surface area contributed by atoms with Crippen molar-refractivity contribution in [1.29, 1.82) is 0 Å². The number of rotatable bonds is 8. The minimum Gasteiger partial charge on any atom is -0.369 e. The summed E-state index contributed by atoms with van der Waals surface area (Å²) in [6, 6.07) is 6.75. The van der Waals surface area contributed by atoms with Crippen LogP contribution in [0.15, 0.2) is 33.8 Å². The average molecular weight is 417 g/mol. The topological polar surface area (TPSA) is 68.9 Å². The van der Waals surface area contributed by atoms with E-state index in [2.05, 4.69) is 44.4 Å². The fraction of sp³-hybridized carbons (Fsp3) is 0.545. The molecule has 1 aliphatic heterocycles. The lowest BCUT2D eigenvalue weighted by Gasteiger charge is -2.36. The predicted octanol–water partition coefficient (Wildman–Crippen LogP) is 2.43. The summed E-state index contributed by atoms with van der Waals surface area (Å²) < 4.78 is 18.5. The Hall–Kier alpha value is -2.61. The molecule has 3 rings (SSSR count). The SMILES string of the molecule is CCc1noc(CC)c1CNC(=NC)NCCN1CCN(c2ccc(F)cc2)CC1. The second kappa shape index (κ2) is 11.0. The van der Waals surface area contributed by atoms with Gasteiger partial charge in [-0.15, -0.1) is 0 Å². The van der Waals surface area contributed by atoms with E-state index < -0.39 is 0 Å². The Balaban J connectivity index is 1.39. The van der Waals surface area contributed by atoms with E-state index in [0.29, 0.717) is 6.54 Å². The van der Waals surface area contributed by atoms with E-state index in [1.807, 2.05) is 12.1 Å². The van der Waals surface area contributed by atoms with Crippen molar-refractivity contribution in [2.75, 3.05) is 51.2 Å². The number of hydrogen-bond donors (Lipinski definition) is 2. The van der Waals surface area contributed by atoms with Gasteiger partial charge in [-0.3, -0.25) is 9.89 Å². The van der Waals surface area contributed by atoms with Crippen LogP contribution in [-0.4, -0.2) is 62.3 Å². The van der Waals surface area contributed by atoms with Gasteiger partial charge < -0.3 is 20.1 Å². The van der Waals surface area contributed by atoms with Crippen LogP contribution in [0.2, 0.25) is 0 Å². The van der Waals surface area contributed by atoms with Crippen LogP contribution in [-0.2, 0) is 19.4 Å². The Morgan fingerprint density at radius 2 is 1.83 bits per heavy atom. The van der Waals surface area contributed by atoms with E-state index in [4.69, 9.17) is 4.52 Å². The smallest absolute Gasteiger partial charge is 0.191 e. The summed E-state index contributed by atoms with van der Waals surface area (Å²) in [5.74, 6) is 1.53. The molecule has 2 aromatic rings. The number of aliphatic imine (C=N–C) groups is 1. The van der Waals surface area contributed by atoms with Gasteiger partial charge in [-0.25, -0.2) is 4.39 Å². The van der Waals surface area contributed by atoms with Crippen LogP contribution < -0.4 is 15.5 Å². The third-order valence-corrected chi connectivity index (χ3v) is 5.55. The Bertz CT molecular complexity index is 790. The molecule has 1 saturated heterocycles. The third kappa shape index (κ3) is 5.72. The van der Waals surface area contributed by atoms with Crippen molar-refractivity contribution in [3.63, 3.8) is 0 Å². The molecule has 0 unspecified atom stereocenters. The van der Waals surface area contributed by atoms with E-state index in [9.17, 15) is 4.39 Å². The van der Waals surface area contributed by atoms with Gasteiger partial charge in [0.1, 0.15) is 11.6 Å². The molecule has 0 amide bonds. The number of benzene rings is 1. The minimum absolute atomic E-state index is 0.189. The molecule has 2 heterocycles. The molecule has 7 nitrogen and oxygen atoms in total. The van der Waals surface area contributed by atoms with Crippen LogP contribution in [0.25, 0.3) is 0 Å². The first-order valence-corrected chi connectivity index (χ1v) is 10.8. The number of aromatic nitrogens is 1. The van der Waals surface area contributed by atoms with Crippen LogP contribution in [0, 0.1) is 5.82 Å². The zero-order valence-corrected chi connectivity index (χ0v) is 18.2. The molecule has 0 bridgehead atoms. The standard InChI is InChI=1S/C22H33FN6O/c1-4-20-19(21(5-2)30-27-20)16-26-22(24-3)25-10-11-28-12-14-29(15-13-28)18-8-6-17(23)7-9-18/h6-9H,4-5,10-16H2,1-3H3,(H2,24,25,26). The number of anilines is 1. The summed E-state index contributed by atoms with van der Waals surface area (Å²) in [7, 11) is 1.78. The van der Waals surface area contributed by atoms with Gasteiger partial charge in [0, 0.05) is 70.5 Å². The average Bonchev–Trinajstić information content (AvgIpc) is 3.19. The highest BCUT2D eigenvalue weighted by molar-refractivity contribution is 5.79. The molecule has 0 spiro atoms. The van der Waals surface area contributed by atoms with Crippen LogP contribution in [0.1, 0.15) is 30.9 Å². The fourth-order valence-corrected chi connectivity index (χ4v) is 3.74. The van der Waals surface area contributed by atoms with Gasteiger partial charge in [-0.2, -0.15) is 0 Å². The molecule has 1 aliphatic rings. The van der Waals surface area contributed by atoms with E-state index in [0.717, 1.165) is 80.8 Å². The molecule has 164 valence electrons. The largest absolute Gasteiger partial charge is 0.369 e. The quantitative estimate of drug-likeness (QED) is 0.509. The first-order chi connectivity index (χ1) is 14.6. The molecule has 1 aromatic heterocycles. The maximum Gasteiger partial charge on any atom is 0.191 e. The van der Waals surface area contributed by atoms with Crippen LogP contribution in [0.4, 0.5) is 10.1 Å².